The van der Waals surface area contributed by atoms with Crippen molar-refractivity contribution in [2.45, 2.75) is 50.5 Å². The topological polar surface area (TPSA) is 38.8 Å². The van der Waals surface area contributed by atoms with E-state index >= 15 is 0 Å². The van der Waals surface area contributed by atoms with Crippen LogP contribution in [-0.2, 0) is 9.53 Å². The molecule has 3 aromatic carbocycles. The number of allylic oxidation sites excluding steroid dienone is 1. The fourth-order valence-corrected chi connectivity index (χ4v) is 6.16. The third kappa shape index (κ3) is 5.84. The number of Topliss-reactive ketones (excluding diaryl/α,β-unsaturated/α-hetero) is 1. The molecule has 1 aliphatic carbocycles. The molecule has 0 N–H and O–H groups in total. The van der Waals surface area contributed by atoms with Crippen molar-refractivity contribution in [2.24, 2.45) is 0 Å². The molecule has 5 rings (SSSR count). The summed E-state index contributed by atoms with van der Waals surface area (Å²) in [6.07, 6.45) is 7.00. The van der Waals surface area contributed by atoms with Crippen LogP contribution in [0.2, 0.25) is 0 Å². The van der Waals surface area contributed by atoms with Gasteiger partial charge in [-0.15, -0.1) is 0 Å². The third-order valence-electron chi connectivity index (χ3n) is 7.99. The Balaban J connectivity index is 1.55. The van der Waals surface area contributed by atoms with E-state index in [1.165, 1.54) is 18.4 Å². The van der Waals surface area contributed by atoms with E-state index in [1.54, 1.807) is 7.11 Å². The van der Waals surface area contributed by atoms with Gasteiger partial charge in [-0.05, 0) is 71.8 Å². The lowest BCUT2D eigenvalue weighted by molar-refractivity contribution is -0.123. The van der Waals surface area contributed by atoms with Crippen molar-refractivity contribution in [1.82, 2.24) is 4.90 Å². The van der Waals surface area contributed by atoms with Crippen LogP contribution >= 0.6 is 15.9 Å². The molecule has 3 aromatic rings. The molecule has 0 saturated carbocycles. The summed E-state index contributed by atoms with van der Waals surface area (Å²) in [5, 5.41) is 2.24. The molecule has 1 saturated heterocycles. The number of methoxy groups -OCH3 is 1. The minimum Gasteiger partial charge on any atom is -0.497 e. The Labute approximate surface area is 228 Å². The van der Waals surface area contributed by atoms with E-state index in [1.807, 2.05) is 12.1 Å². The summed E-state index contributed by atoms with van der Waals surface area (Å²) in [4.78, 5) is 17.1. The van der Waals surface area contributed by atoms with Gasteiger partial charge in [0.1, 0.15) is 11.5 Å². The maximum atomic E-state index is 14.6. The van der Waals surface area contributed by atoms with Crippen molar-refractivity contribution in [3.05, 3.63) is 87.9 Å². The number of nitrogens with zero attached hydrogens (tertiary/aromatic N) is 1. The highest BCUT2D eigenvalue weighted by Gasteiger charge is 2.39. The number of benzene rings is 3. The number of ether oxygens (including phenoxy) is 2. The number of ketones is 1. The summed E-state index contributed by atoms with van der Waals surface area (Å²) in [5.74, 6) is 0.650. The molecule has 194 valence electrons. The Morgan fingerprint density at radius 2 is 1.65 bits per heavy atom. The lowest BCUT2D eigenvalue weighted by atomic mass is 9.75. The first kappa shape index (κ1) is 26.1. The smallest absolute Gasteiger partial charge is 0.149 e. The Morgan fingerprint density at radius 1 is 0.946 bits per heavy atom. The molecule has 0 bridgehead atoms. The molecular formula is C32H36BrNO3. The van der Waals surface area contributed by atoms with Gasteiger partial charge in [0.2, 0.25) is 0 Å². The van der Waals surface area contributed by atoms with Crippen LogP contribution in [-0.4, -0.2) is 50.1 Å². The van der Waals surface area contributed by atoms with Crippen molar-refractivity contribution in [1.29, 1.82) is 0 Å². The number of carbonyl (C=O) groups is 1. The maximum Gasteiger partial charge on any atom is 0.149 e. The fraction of sp³-hybridized carbons (Fsp3) is 0.406. The number of morpholine rings is 1. The summed E-state index contributed by atoms with van der Waals surface area (Å²) < 4.78 is 12.1. The Kier molecular flexibility index (Phi) is 8.43. The largest absolute Gasteiger partial charge is 0.497 e. The van der Waals surface area contributed by atoms with Crippen LogP contribution in [0.3, 0.4) is 0 Å². The predicted molar refractivity (Wildman–Crippen MR) is 154 cm³/mol. The first-order valence-corrected chi connectivity index (χ1v) is 14.2. The summed E-state index contributed by atoms with van der Waals surface area (Å²) in [5.41, 5.74) is 3.57. The minimum absolute atomic E-state index is 0.0602. The van der Waals surface area contributed by atoms with Gasteiger partial charge in [-0.25, -0.2) is 0 Å². The van der Waals surface area contributed by atoms with Gasteiger partial charge in [0.15, 0.2) is 0 Å². The highest BCUT2D eigenvalue weighted by Crippen LogP contribution is 2.38. The summed E-state index contributed by atoms with van der Waals surface area (Å²) in [7, 11) is 1.69. The molecule has 2 aliphatic rings. The SMILES string of the molecule is COc1ccc2cc([C@H](C)C(=O)[C@@H](c3ccc(Br)cc3)[C@@H](C3=CCCCC3)N3CCOCC3)ccc2c1. The van der Waals surface area contributed by atoms with E-state index in [-0.39, 0.29) is 23.7 Å². The van der Waals surface area contributed by atoms with E-state index < -0.39 is 0 Å². The molecule has 1 aliphatic heterocycles. The van der Waals surface area contributed by atoms with Crippen LogP contribution in [0.25, 0.3) is 10.8 Å². The molecule has 0 aromatic heterocycles. The molecule has 5 heteroatoms. The average molecular weight is 563 g/mol. The quantitative estimate of drug-likeness (QED) is 0.271. The number of hydrogen-bond acceptors (Lipinski definition) is 4. The lowest BCUT2D eigenvalue weighted by Crippen LogP contribution is -2.49. The Hall–Kier alpha value is -2.47. The number of carbonyl (C=O) groups excluding carboxylic acids is 1. The molecule has 37 heavy (non-hydrogen) atoms. The zero-order valence-electron chi connectivity index (χ0n) is 21.8. The molecule has 1 heterocycles. The van der Waals surface area contributed by atoms with Gasteiger partial charge in [-0.1, -0.05) is 70.9 Å². The van der Waals surface area contributed by atoms with Crippen LogP contribution in [0.1, 0.15) is 55.6 Å². The Morgan fingerprint density at radius 3 is 2.35 bits per heavy atom. The van der Waals surface area contributed by atoms with Crippen LogP contribution < -0.4 is 4.74 Å². The number of rotatable bonds is 8. The van der Waals surface area contributed by atoms with Gasteiger partial charge in [0.05, 0.1) is 26.2 Å². The van der Waals surface area contributed by atoms with Crippen LogP contribution in [0.15, 0.2) is 76.8 Å². The lowest BCUT2D eigenvalue weighted by Gasteiger charge is -2.41. The van der Waals surface area contributed by atoms with Crippen molar-refractivity contribution >= 4 is 32.5 Å². The molecule has 0 radical (unpaired) electrons. The predicted octanol–water partition coefficient (Wildman–Crippen LogP) is 7.27. The van der Waals surface area contributed by atoms with E-state index in [0.717, 1.165) is 58.1 Å². The summed E-state index contributed by atoms with van der Waals surface area (Å²) >= 11 is 3.59. The van der Waals surface area contributed by atoms with E-state index in [4.69, 9.17) is 9.47 Å². The Bertz CT molecular complexity index is 1260. The molecule has 4 nitrogen and oxygen atoms in total. The standard InChI is InChI=1S/C32H36BrNO3/c1-22(25-8-9-27-21-29(36-2)15-12-26(27)20-25)32(35)30(23-10-13-28(33)14-11-23)31(24-6-4-3-5-7-24)34-16-18-37-19-17-34/h6,8-15,20-22,30-31H,3-5,7,16-19H2,1-2H3/t22-,30-,31+/m0/s1. The van der Waals surface area contributed by atoms with Crippen LogP contribution in [0.4, 0.5) is 0 Å². The first-order chi connectivity index (χ1) is 18.0. The average Bonchev–Trinajstić information content (AvgIpc) is 2.96. The van der Waals surface area contributed by atoms with Crippen LogP contribution in [0, 0.1) is 0 Å². The van der Waals surface area contributed by atoms with Crippen molar-refractivity contribution in [2.75, 3.05) is 33.4 Å². The highest BCUT2D eigenvalue weighted by molar-refractivity contribution is 9.10. The third-order valence-corrected chi connectivity index (χ3v) is 8.52. The second-order valence-corrected chi connectivity index (χ2v) is 11.2. The first-order valence-electron chi connectivity index (χ1n) is 13.4. The van der Waals surface area contributed by atoms with Gasteiger partial charge in [-0.3, -0.25) is 9.69 Å². The van der Waals surface area contributed by atoms with Crippen molar-refractivity contribution < 1.29 is 14.3 Å². The van der Waals surface area contributed by atoms with Crippen molar-refractivity contribution in [3.8, 4) is 5.75 Å². The summed E-state index contributed by atoms with van der Waals surface area (Å²) in [6.45, 7) is 5.22. The molecule has 1 fully saturated rings. The van der Waals surface area contributed by atoms with E-state index in [2.05, 4.69) is 82.4 Å². The van der Waals surface area contributed by atoms with Gasteiger partial charge >= 0.3 is 0 Å². The zero-order valence-corrected chi connectivity index (χ0v) is 23.4. The molecule has 3 atom stereocenters. The van der Waals surface area contributed by atoms with Gasteiger partial charge in [0, 0.05) is 29.5 Å². The van der Waals surface area contributed by atoms with Crippen LogP contribution in [0.5, 0.6) is 5.75 Å². The number of fused-ring (bicyclic) bond motifs is 1. The normalized spacial score (nSPS) is 19.2. The summed E-state index contributed by atoms with van der Waals surface area (Å²) in [6, 6.07) is 20.9. The van der Waals surface area contributed by atoms with E-state index in [9.17, 15) is 4.79 Å². The van der Waals surface area contributed by atoms with Gasteiger partial charge in [0.25, 0.3) is 0 Å². The number of hydrogen-bond donors (Lipinski definition) is 0. The van der Waals surface area contributed by atoms with Gasteiger partial charge < -0.3 is 9.47 Å². The molecule has 0 spiro atoms. The monoisotopic (exact) mass is 561 g/mol. The second kappa shape index (κ2) is 11.9. The van der Waals surface area contributed by atoms with Crippen molar-refractivity contribution in [3.63, 3.8) is 0 Å². The fourth-order valence-electron chi connectivity index (χ4n) is 5.89. The molecule has 0 amide bonds. The highest BCUT2D eigenvalue weighted by atomic mass is 79.9. The maximum absolute atomic E-state index is 14.6. The molecule has 0 unspecified atom stereocenters. The zero-order chi connectivity index (χ0) is 25.8. The second-order valence-electron chi connectivity index (χ2n) is 10.2. The molecular weight excluding hydrogens is 526 g/mol. The minimum atomic E-state index is -0.239. The van der Waals surface area contributed by atoms with E-state index in [0.29, 0.717) is 13.2 Å². The van der Waals surface area contributed by atoms with Gasteiger partial charge in [-0.2, -0.15) is 0 Å². The number of halogens is 1.